The van der Waals surface area contributed by atoms with Crippen LogP contribution in [0.3, 0.4) is 0 Å². The summed E-state index contributed by atoms with van der Waals surface area (Å²) < 4.78 is 52.8. The molecule has 164 valence electrons. The first-order valence-electron chi connectivity index (χ1n) is 9.72. The Morgan fingerprint density at radius 1 is 0.938 bits per heavy atom. The molecule has 0 aliphatic heterocycles. The van der Waals surface area contributed by atoms with E-state index in [1.807, 2.05) is 6.07 Å². The molecule has 0 saturated heterocycles. The highest BCUT2D eigenvalue weighted by atomic mass is 32.2. The lowest BCUT2D eigenvalue weighted by atomic mass is 10.1. The van der Waals surface area contributed by atoms with Gasteiger partial charge in [0.1, 0.15) is 16.9 Å². The van der Waals surface area contributed by atoms with Gasteiger partial charge < -0.3 is 4.90 Å². The summed E-state index contributed by atoms with van der Waals surface area (Å²) in [6, 6.07) is 18.5. The minimum atomic E-state index is -4.08. The van der Waals surface area contributed by atoms with E-state index >= 15 is 0 Å². The number of amides is 1. The molecule has 3 aromatic carbocycles. The molecule has 0 heterocycles. The van der Waals surface area contributed by atoms with Crippen molar-refractivity contribution in [3.8, 4) is 6.07 Å². The summed E-state index contributed by atoms with van der Waals surface area (Å²) in [6.45, 7) is 1.32. The molecule has 1 unspecified atom stereocenters. The van der Waals surface area contributed by atoms with Crippen LogP contribution in [-0.2, 0) is 27.7 Å². The van der Waals surface area contributed by atoms with Gasteiger partial charge in [-0.3, -0.25) is 4.79 Å². The predicted octanol–water partition coefficient (Wildman–Crippen LogP) is 4.23. The molecule has 3 aromatic rings. The summed E-state index contributed by atoms with van der Waals surface area (Å²) in [7, 11) is -4.08. The van der Waals surface area contributed by atoms with Gasteiger partial charge in [-0.25, -0.2) is 17.2 Å². The topological polar surface area (TPSA) is 78.2 Å². The van der Waals surface area contributed by atoms with Crippen LogP contribution in [-0.4, -0.2) is 24.5 Å². The quantitative estimate of drug-likeness (QED) is 0.501. The maximum absolute atomic E-state index is 13.7. The fourth-order valence-electron chi connectivity index (χ4n) is 3.19. The van der Waals surface area contributed by atoms with Crippen molar-refractivity contribution >= 4 is 15.7 Å². The third-order valence-corrected chi connectivity index (χ3v) is 7.05. The van der Waals surface area contributed by atoms with Crippen molar-refractivity contribution in [2.45, 2.75) is 30.2 Å². The molecule has 32 heavy (non-hydrogen) atoms. The number of benzene rings is 3. The van der Waals surface area contributed by atoms with Crippen molar-refractivity contribution in [1.82, 2.24) is 4.90 Å². The van der Waals surface area contributed by atoms with Crippen molar-refractivity contribution in [2.24, 2.45) is 0 Å². The van der Waals surface area contributed by atoms with E-state index in [9.17, 15) is 22.0 Å². The van der Waals surface area contributed by atoms with E-state index in [2.05, 4.69) is 0 Å². The molecule has 0 saturated carbocycles. The number of nitriles is 1. The number of hydrogen-bond acceptors (Lipinski definition) is 4. The number of hydrogen-bond donors (Lipinski definition) is 0. The predicted molar refractivity (Wildman–Crippen MR) is 115 cm³/mol. The van der Waals surface area contributed by atoms with E-state index in [-0.39, 0.29) is 18.0 Å². The number of carbonyl (C=O) groups is 1. The monoisotopic (exact) mass is 454 g/mol. The standard InChI is InChI=1S/C24H20F2N2O3S/c1-17(32(30,31)23-11-9-21(25)10-12-23)24(29)28(16-20-3-2-4-22(26)13-20)15-19-7-5-18(14-27)6-8-19/h2-13,17H,15-16H2,1H3. The summed E-state index contributed by atoms with van der Waals surface area (Å²) >= 11 is 0. The Hall–Kier alpha value is -3.57. The lowest BCUT2D eigenvalue weighted by Gasteiger charge is -2.26. The molecule has 0 fully saturated rings. The molecule has 0 spiro atoms. The Labute approximate surface area is 185 Å². The van der Waals surface area contributed by atoms with Crippen LogP contribution < -0.4 is 0 Å². The lowest BCUT2D eigenvalue weighted by molar-refractivity contribution is -0.131. The van der Waals surface area contributed by atoms with Crippen LogP contribution in [0.25, 0.3) is 0 Å². The number of nitrogens with zero attached hydrogens (tertiary/aromatic N) is 2. The molecule has 0 aliphatic rings. The molecule has 8 heteroatoms. The van der Waals surface area contributed by atoms with E-state index in [4.69, 9.17) is 5.26 Å². The Morgan fingerprint density at radius 3 is 2.16 bits per heavy atom. The van der Waals surface area contributed by atoms with Crippen LogP contribution in [0.2, 0.25) is 0 Å². The van der Waals surface area contributed by atoms with Crippen molar-refractivity contribution in [2.75, 3.05) is 0 Å². The number of halogens is 2. The number of carbonyl (C=O) groups excluding carboxylic acids is 1. The number of rotatable bonds is 7. The summed E-state index contributed by atoms with van der Waals surface area (Å²) in [5.74, 6) is -1.74. The normalized spacial score (nSPS) is 12.1. The van der Waals surface area contributed by atoms with Gasteiger partial charge in [0.25, 0.3) is 0 Å². The SMILES string of the molecule is CC(C(=O)N(Cc1ccc(C#N)cc1)Cc1cccc(F)c1)S(=O)(=O)c1ccc(F)cc1. The van der Waals surface area contributed by atoms with Crippen LogP contribution in [0.15, 0.2) is 77.7 Å². The van der Waals surface area contributed by atoms with Crippen molar-refractivity contribution in [3.63, 3.8) is 0 Å². The summed E-state index contributed by atoms with van der Waals surface area (Å²) in [5, 5.41) is 7.52. The molecule has 0 N–H and O–H groups in total. The highest BCUT2D eigenvalue weighted by Gasteiger charge is 2.33. The second kappa shape index (κ2) is 9.71. The Kier molecular flexibility index (Phi) is 7.01. The fourth-order valence-corrected chi connectivity index (χ4v) is 4.53. The Balaban J connectivity index is 1.92. The average Bonchev–Trinajstić information content (AvgIpc) is 2.78. The summed E-state index contributed by atoms with van der Waals surface area (Å²) in [6.07, 6.45) is 0. The van der Waals surface area contributed by atoms with Crippen LogP contribution in [0, 0.1) is 23.0 Å². The van der Waals surface area contributed by atoms with Crippen molar-refractivity contribution in [1.29, 1.82) is 5.26 Å². The second-order valence-electron chi connectivity index (χ2n) is 7.27. The Bertz CT molecular complexity index is 1250. The van der Waals surface area contributed by atoms with Gasteiger partial charge in [-0.05, 0) is 66.6 Å². The zero-order chi connectivity index (χ0) is 23.3. The third kappa shape index (κ3) is 5.37. The molecule has 0 aliphatic carbocycles. The van der Waals surface area contributed by atoms with Crippen LogP contribution in [0.1, 0.15) is 23.6 Å². The van der Waals surface area contributed by atoms with Gasteiger partial charge in [0.05, 0.1) is 16.5 Å². The van der Waals surface area contributed by atoms with E-state index in [1.54, 1.807) is 30.3 Å². The second-order valence-corrected chi connectivity index (χ2v) is 9.54. The minimum absolute atomic E-state index is 0.0140. The maximum atomic E-state index is 13.7. The first-order chi connectivity index (χ1) is 15.2. The molecule has 5 nitrogen and oxygen atoms in total. The molecule has 0 bridgehead atoms. The van der Waals surface area contributed by atoms with E-state index in [0.717, 1.165) is 24.3 Å². The van der Waals surface area contributed by atoms with Crippen LogP contribution in [0.4, 0.5) is 8.78 Å². The van der Waals surface area contributed by atoms with E-state index in [0.29, 0.717) is 16.7 Å². The smallest absolute Gasteiger partial charge is 0.241 e. The zero-order valence-electron chi connectivity index (χ0n) is 17.2. The average molecular weight is 454 g/mol. The number of sulfone groups is 1. The molecule has 1 atom stereocenters. The molecular formula is C24H20F2N2O3S. The highest BCUT2D eigenvalue weighted by Crippen LogP contribution is 2.21. The molecular weight excluding hydrogens is 434 g/mol. The molecule has 0 aromatic heterocycles. The highest BCUT2D eigenvalue weighted by molar-refractivity contribution is 7.92. The first kappa shape index (κ1) is 23.1. The van der Waals surface area contributed by atoms with Gasteiger partial charge in [0, 0.05) is 13.1 Å². The van der Waals surface area contributed by atoms with Crippen molar-refractivity contribution < 1.29 is 22.0 Å². The van der Waals surface area contributed by atoms with Gasteiger partial charge in [-0.1, -0.05) is 24.3 Å². The largest absolute Gasteiger partial charge is 0.333 e. The fraction of sp³-hybridized carbons (Fsp3) is 0.167. The Morgan fingerprint density at radius 2 is 1.56 bits per heavy atom. The molecule has 3 rings (SSSR count). The van der Waals surface area contributed by atoms with Gasteiger partial charge in [-0.15, -0.1) is 0 Å². The minimum Gasteiger partial charge on any atom is -0.333 e. The summed E-state index contributed by atoms with van der Waals surface area (Å²) in [5.41, 5.74) is 1.63. The van der Waals surface area contributed by atoms with Gasteiger partial charge in [0.15, 0.2) is 9.84 Å². The van der Waals surface area contributed by atoms with Crippen molar-refractivity contribution in [3.05, 3.63) is 101 Å². The first-order valence-corrected chi connectivity index (χ1v) is 11.3. The zero-order valence-corrected chi connectivity index (χ0v) is 18.0. The molecule has 1 amide bonds. The van der Waals surface area contributed by atoms with E-state index < -0.39 is 32.6 Å². The lowest BCUT2D eigenvalue weighted by Crippen LogP contribution is -2.40. The third-order valence-electron chi connectivity index (χ3n) is 4.99. The summed E-state index contributed by atoms with van der Waals surface area (Å²) in [4.78, 5) is 14.4. The molecule has 0 radical (unpaired) electrons. The van der Waals surface area contributed by atoms with Gasteiger partial charge >= 0.3 is 0 Å². The maximum Gasteiger partial charge on any atom is 0.241 e. The van der Waals surface area contributed by atoms with Gasteiger partial charge in [0.2, 0.25) is 5.91 Å². The van der Waals surface area contributed by atoms with E-state index in [1.165, 1.54) is 30.0 Å². The van der Waals surface area contributed by atoms with Gasteiger partial charge in [-0.2, -0.15) is 5.26 Å². The van der Waals surface area contributed by atoms with Crippen LogP contribution >= 0.6 is 0 Å². The van der Waals surface area contributed by atoms with Crippen LogP contribution in [0.5, 0.6) is 0 Å².